The van der Waals surface area contributed by atoms with E-state index in [0.29, 0.717) is 19.8 Å². The fraction of sp³-hybridized carbons (Fsp3) is 0.462. The summed E-state index contributed by atoms with van der Waals surface area (Å²) in [5, 5.41) is 1.01. The van der Waals surface area contributed by atoms with Gasteiger partial charge in [-0.05, 0) is 13.0 Å². The molecule has 1 aliphatic rings. The standard InChI is InChI=1S/C13H17N3O2S/c1-16-10-8-12-11(17-4-5-18-12)7-9(10)15-13(16)19-6-2-3-14/h7-8H,2-6,14H2,1H3. The van der Waals surface area contributed by atoms with Gasteiger partial charge in [-0.15, -0.1) is 0 Å². The molecule has 102 valence electrons. The topological polar surface area (TPSA) is 62.3 Å². The third kappa shape index (κ3) is 2.37. The molecule has 0 fully saturated rings. The molecule has 1 aromatic heterocycles. The lowest BCUT2D eigenvalue weighted by Gasteiger charge is -2.18. The van der Waals surface area contributed by atoms with Crippen LogP contribution >= 0.6 is 11.8 Å². The average Bonchev–Trinajstić information content (AvgIpc) is 2.73. The zero-order valence-corrected chi connectivity index (χ0v) is 11.7. The molecule has 2 N–H and O–H groups in total. The van der Waals surface area contributed by atoms with Crippen molar-refractivity contribution in [1.82, 2.24) is 9.55 Å². The van der Waals surface area contributed by atoms with Crippen molar-refractivity contribution >= 4 is 22.8 Å². The Labute approximate surface area is 116 Å². The van der Waals surface area contributed by atoms with Gasteiger partial charge in [0.15, 0.2) is 16.7 Å². The van der Waals surface area contributed by atoms with Crippen molar-refractivity contribution in [2.45, 2.75) is 11.6 Å². The number of ether oxygens (including phenoxy) is 2. The maximum absolute atomic E-state index is 5.60. The highest BCUT2D eigenvalue weighted by atomic mass is 32.2. The number of thioether (sulfide) groups is 1. The van der Waals surface area contributed by atoms with Crippen LogP contribution in [0.2, 0.25) is 0 Å². The third-order valence-corrected chi connectivity index (χ3v) is 4.20. The first kappa shape index (κ1) is 12.6. The fourth-order valence-corrected chi connectivity index (χ4v) is 3.03. The number of aryl methyl sites for hydroxylation is 1. The van der Waals surface area contributed by atoms with Crippen molar-refractivity contribution in [3.63, 3.8) is 0 Å². The summed E-state index contributed by atoms with van der Waals surface area (Å²) in [6.45, 7) is 1.92. The summed E-state index contributed by atoms with van der Waals surface area (Å²) in [5.74, 6) is 2.58. The second-order valence-corrected chi connectivity index (χ2v) is 5.49. The summed E-state index contributed by atoms with van der Waals surface area (Å²) < 4.78 is 13.3. The summed E-state index contributed by atoms with van der Waals surface area (Å²) in [7, 11) is 2.02. The van der Waals surface area contributed by atoms with Crippen LogP contribution < -0.4 is 15.2 Å². The van der Waals surface area contributed by atoms with E-state index >= 15 is 0 Å². The van der Waals surface area contributed by atoms with Gasteiger partial charge in [-0.3, -0.25) is 0 Å². The van der Waals surface area contributed by atoms with E-state index in [1.54, 1.807) is 11.8 Å². The predicted molar refractivity (Wildman–Crippen MR) is 76.1 cm³/mol. The summed E-state index contributed by atoms with van der Waals surface area (Å²) in [6.07, 6.45) is 0.997. The van der Waals surface area contributed by atoms with Gasteiger partial charge in [-0.1, -0.05) is 11.8 Å². The van der Waals surface area contributed by atoms with Crippen LogP contribution in [-0.2, 0) is 7.05 Å². The fourth-order valence-electron chi connectivity index (χ4n) is 2.08. The summed E-state index contributed by atoms with van der Waals surface area (Å²) in [4.78, 5) is 4.64. The minimum absolute atomic E-state index is 0.601. The van der Waals surface area contributed by atoms with E-state index in [-0.39, 0.29) is 0 Å². The number of hydrogen-bond acceptors (Lipinski definition) is 5. The Morgan fingerprint density at radius 1 is 1.32 bits per heavy atom. The molecule has 0 aliphatic carbocycles. The Morgan fingerprint density at radius 2 is 2.05 bits per heavy atom. The SMILES string of the molecule is Cn1c(SCCCN)nc2cc3c(cc21)OCCO3. The number of benzene rings is 1. The monoisotopic (exact) mass is 279 g/mol. The molecular weight excluding hydrogens is 262 g/mol. The molecule has 3 rings (SSSR count). The molecule has 19 heavy (non-hydrogen) atoms. The van der Waals surface area contributed by atoms with Crippen LogP contribution in [0.1, 0.15) is 6.42 Å². The van der Waals surface area contributed by atoms with Crippen molar-refractivity contribution in [3.8, 4) is 11.5 Å². The van der Waals surface area contributed by atoms with Crippen LogP contribution in [0.5, 0.6) is 11.5 Å². The van der Waals surface area contributed by atoms with Crippen LogP contribution in [-0.4, -0.2) is 35.1 Å². The van der Waals surface area contributed by atoms with Crippen molar-refractivity contribution in [2.24, 2.45) is 12.8 Å². The van der Waals surface area contributed by atoms with Gasteiger partial charge >= 0.3 is 0 Å². The molecule has 0 spiro atoms. The number of rotatable bonds is 4. The minimum Gasteiger partial charge on any atom is -0.486 e. The molecule has 2 aromatic rings. The number of fused-ring (bicyclic) bond motifs is 2. The summed E-state index contributed by atoms with van der Waals surface area (Å²) >= 11 is 1.73. The predicted octanol–water partition coefficient (Wildman–Crippen LogP) is 1.79. The van der Waals surface area contributed by atoms with Crippen molar-refractivity contribution in [2.75, 3.05) is 25.5 Å². The number of nitrogens with two attached hydrogens (primary N) is 1. The maximum Gasteiger partial charge on any atom is 0.168 e. The van der Waals surface area contributed by atoms with Crippen molar-refractivity contribution < 1.29 is 9.47 Å². The first-order valence-corrected chi connectivity index (χ1v) is 7.37. The molecule has 1 aliphatic heterocycles. The van der Waals surface area contributed by atoms with Gasteiger partial charge in [-0.25, -0.2) is 4.98 Å². The lowest BCUT2D eigenvalue weighted by molar-refractivity contribution is 0.172. The molecule has 6 heteroatoms. The molecule has 5 nitrogen and oxygen atoms in total. The highest BCUT2D eigenvalue weighted by molar-refractivity contribution is 7.99. The van der Waals surface area contributed by atoms with Gasteiger partial charge in [0, 0.05) is 24.9 Å². The quantitative estimate of drug-likeness (QED) is 0.683. The lowest BCUT2D eigenvalue weighted by atomic mass is 10.2. The van der Waals surface area contributed by atoms with Gasteiger partial charge in [-0.2, -0.15) is 0 Å². The van der Waals surface area contributed by atoms with E-state index in [4.69, 9.17) is 15.2 Å². The normalized spacial score (nSPS) is 14.0. The van der Waals surface area contributed by atoms with Gasteiger partial charge < -0.3 is 19.8 Å². The van der Waals surface area contributed by atoms with E-state index in [9.17, 15) is 0 Å². The van der Waals surface area contributed by atoms with E-state index in [0.717, 1.165) is 39.9 Å². The molecule has 1 aromatic carbocycles. The molecule has 0 radical (unpaired) electrons. The van der Waals surface area contributed by atoms with Crippen molar-refractivity contribution in [3.05, 3.63) is 12.1 Å². The molecule has 0 saturated heterocycles. The van der Waals surface area contributed by atoms with Crippen LogP contribution in [0.4, 0.5) is 0 Å². The minimum atomic E-state index is 0.601. The van der Waals surface area contributed by atoms with Crippen molar-refractivity contribution in [1.29, 1.82) is 0 Å². The third-order valence-electron chi connectivity index (χ3n) is 3.08. The number of hydrogen-bond donors (Lipinski definition) is 1. The van der Waals surface area contributed by atoms with Crippen LogP contribution in [0, 0.1) is 0 Å². The Balaban J connectivity index is 1.95. The second kappa shape index (κ2) is 5.30. The smallest absolute Gasteiger partial charge is 0.168 e. The Kier molecular flexibility index (Phi) is 3.52. The Morgan fingerprint density at radius 3 is 2.79 bits per heavy atom. The van der Waals surface area contributed by atoms with E-state index in [1.807, 2.05) is 19.2 Å². The van der Waals surface area contributed by atoms with Gasteiger partial charge in [0.25, 0.3) is 0 Å². The zero-order valence-electron chi connectivity index (χ0n) is 10.9. The van der Waals surface area contributed by atoms with E-state index < -0.39 is 0 Å². The van der Waals surface area contributed by atoms with Gasteiger partial charge in [0.2, 0.25) is 0 Å². The molecule has 0 unspecified atom stereocenters. The van der Waals surface area contributed by atoms with Gasteiger partial charge in [0.05, 0.1) is 11.0 Å². The number of aromatic nitrogens is 2. The molecule has 2 heterocycles. The Bertz CT molecular complexity index is 597. The van der Waals surface area contributed by atoms with Crippen LogP contribution in [0.15, 0.2) is 17.3 Å². The maximum atomic E-state index is 5.60. The number of imidazole rings is 1. The highest BCUT2D eigenvalue weighted by Crippen LogP contribution is 2.35. The molecule has 0 atom stereocenters. The molecule has 0 saturated carbocycles. The second-order valence-electron chi connectivity index (χ2n) is 4.43. The molecule has 0 amide bonds. The summed E-state index contributed by atoms with van der Waals surface area (Å²) in [5.41, 5.74) is 7.53. The Hall–Kier alpha value is -1.40. The van der Waals surface area contributed by atoms with Crippen LogP contribution in [0.25, 0.3) is 11.0 Å². The van der Waals surface area contributed by atoms with Gasteiger partial charge in [0.1, 0.15) is 13.2 Å². The molecular formula is C13H17N3O2S. The zero-order chi connectivity index (χ0) is 13.2. The first-order chi connectivity index (χ1) is 9.29. The highest BCUT2D eigenvalue weighted by Gasteiger charge is 2.16. The first-order valence-electron chi connectivity index (χ1n) is 6.38. The van der Waals surface area contributed by atoms with E-state index in [1.165, 1.54) is 0 Å². The largest absolute Gasteiger partial charge is 0.486 e. The lowest BCUT2D eigenvalue weighted by Crippen LogP contribution is -2.15. The van der Waals surface area contributed by atoms with Crippen LogP contribution in [0.3, 0.4) is 0 Å². The molecule has 0 bridgehead atoms. The average molecular weight is 279 g/mol. The summed E-state index contributed by atoms with van der Waals surface area (Å²) in [6, 6.07) is 3.96. The van der Waals surface area contributed by atoms with E-state index in [2.05, 4.69) is 9.55 Å². The number of nitrogens with zero attached hydrogens (tertiary/aromatic N) is 2.